The highest BCUT2D eigenvalue weighted by molar-refractivity contribution is 7.19. The third-order valence-electron chi connectivity index (χ3n) is 5.24. The Morgan fingerprint density at radius 2 is 2.09 bits per heavy atom. The Kier molecular flexibility index (Phi) is 5.02. The van der Waals surface area contributed by atoms with E-state index in [1.54, 1.807) is 18.5 Å². The Bertz CT molecular complexity index is 1340. The summed E-state index contributed by atoms with van der Waals surface area (Å²) in [5.41, 5.74) is 6.17. The van der Waals surface area contributed by atoms with Crippen LogP contribution in [-0.2, 0) is 28.9 Å². The number of hydrogen-bond acceptors (Lipinski definition) is 6. The number of aliphatic carboxylic acids is 1. The van der Waals surface area contributed by atoms with Crippen LogP contribution in [-0.4, -0.2) is 36.7 Å². The van der Waals surface area contributed by atoms with Crippen LogP contribution in [0.1, 0.15) is 23.7 Å². The highest BCUT2D eigenvalue weighted by atomic mass is 32.1. The molecule has 4 aromatic rings. The number of thiazole rings is 1. The van der Waals surface area contributed by atoms with Crippen LogP contribution >= 0.6 is 11.3 Å². The summed E-state index contributed by atoms with van der Waals surface area (Å²) in [4.78, 5) is 32.6. The van der Waals surface area contributed by atoms with Gasteiger partial charge in [-0.2, -0.15) is 5.10 Å². The first kappa shape index (κ1) is 20.1. The average Bonchev–Trinajstić information content (AvgIpc) is 3.34. The standard InChI is InChI=1S/C23H19N5O3S/c1-13(29)25-23-26-18-8-7-17-20(15-5-3-9-24-12-15)27-28(21(17)22(18)32-23)16-6-2-4-14(10-16)11-19(30)31/h2-6,9-10,12H,7-8,11H2,1H3,(H,30,31)(H,25,26,29). The molecule has 3 heterocycles. The minimum atomic E-state index is -0.884. The summed E-state index contributed by atoms with van der Waals surface area (Å²) in [5.74, 6) is -1.05. The first-order valence-corrected chi connectivity index (χ1v) is 10.9. The Morgan fingerprint density at radius 3 is 2.84 bits per heavy atom. The molecular weight excluding hydrogens is 426 g/mol. The van der Waals surface area contributed by atoms with Crippen LogP contribution in [0.3, 0.4) is 0 Å². The van der Waals surface area contributed by atoms with Gasteiger partial charge in [-0.15, -0.1) is 0 Å². The van der Waals surface area contributed by atoms with Crippen molar-refractivity contribution in [2.75, 3.05) is 5.32 Å². The molecule has 8 nitrogen and oxygen atoms in total. The van der Waals surface area contributed by atoms with Gasteiger partial charge in [0.2, 0.25) is 5.91 Å². The van der Waals surface area contributed by atoms with Crippen molar-refractivity contribution in [3.63, 3.8) is 0 Å². The van der Waals surface area contributed by atoms with Crippen molar-refractivity contribution in [2.45, 2.75) is 26.2 Å². The molecule has 0 spiro atoms. The smallest absolute Gasteiger partial charge is 0.307 e. The number of rotatable bonds is 5. The van der Waals surface area contributed by atoms with Crippen LogP contribution in [0.5, 0.6) is 0 Å². The van der Waals surface area contributed by atoms with Crippen LogP contribution < -0.4 is 5.32 Å². The molecule has 0 saturated carbocycles. The van der Waals surface area contributed by atoms with Crippen LogP contribution in [0.2, 0.25) is 0 Å². The zero-order valence-corrected chi connectivity index (χ0v) is 18.0. The second-order valence-corrected chi connectivity index (χ2v) is 8.54. The number of nitrogens with one attached hydrogen (secondary N) is 1. The van der Waals surface area contributed by atoms with Crippen molar-refractivity contribution in [3.8, 4) is 27.5 Å². The zero-order chi connectivity index (χ0) is 22.2. The van der Waals surface area contributed by atoms with Crippen LogP contribution in [0, 0.1) is 0 Å². The third kappa shape index (κ3) is 3.67. The number of fused-ring (bicyclic) bond motifs is 3. The van der Waals surface area contributed by atoms with E-state index in [4.69, 9.17) is 5.10 Å². The molecular formula is C23H19N5O3S. The van der Waals surface area contributed by atoms with E-state index >= 15 is 0 Å². The van der Waals surface area contributed by atoms with E-state index in [0.717, 1.165) is 51.6 Å². The molecule has 1 aromatic carbocycles. The number of pyridine rings is 1. The van der Waals surface area contributed by atoms with Crippen LogP contribution in [0.4, 0.5) is 5.13 Å². The van der Waals surface area contributed by atoms with Gasteiger partial charge in [0.05, 0.1) is 34.1 Å². The molecule has 0 bridgehead atoms. The number of anilines is 1. The number of nitrogens with zero attached hydrogens (tertiary/aromatic N) is 4. The van der Waals surface area contributed by atoms with Gasteiger partial charge in [-0.1, -0.05) is 23.5 Å². The van der Waals surface area contributed by atoms with E-state index in [-0.39, 0.29) is 12.3 Å². The topological polar surface area (TPSA) is 110 Å². The molecule has 0 atom stereocenters. The molecule has 0 fully saturated rings. The number of carboxylic acids is 1. The van der Waals surface area contributed by atoms with Crippen molar-refractivity contribution in [3.05, 3.63) is 65.6 Å². The molecule has 1 aliphatic carbocycles. The fraction of sp³-hybridized carbons (Fsp3) is 0.174. The third-order valence-corrected chi connectivity index (χ3v) is 6.26. The average molecular weight is 446 g/mol. The Labute approximate surface area is 187 Å². The molecule has 1 amide bonds. The van der Waals surface area contributed by atoms with Crippen molar-refractivity contribution < 1.29 is 14.7 Å². The second-order valence-electron chi connectivity index (χ2n) is 7.55. The van der Waals surface area contributed by atoms with Gasteiger partial charge >= 0.3 is 5.97 Å². The van der Waals surface area contributed by atoms with Crippen molar-refractivity contribution >= 4 is 28.3 Å². The molecule has 160 valence electrons. The van der Waals surface area contributed by atoms with Gasteiger partial charge in [-0.3, -0.25) is 14.6 Å². The van der Waals surface area contributed by atoms with Crippen molar-refractivity contribution in [1.29, 1.82) is 0 Å². The second kappa shape index (κ2) is 8.01. The van der Waals surface area contributed by atoms with Crippen LogP contribution in [0.25, 0.3) is 27.5 Å². The number of aromatic nitrogens is 4. The number of carbonyl (C=O) groups is 2. The maximum atomic E-state index is 11.6. The lowest BCUT2D eigenvalue weighted by molar-refractivity contribution is -0.136. The summed E-state index contributed by atoms with van der Waals surface area (Å²) in [6.07, 6.45) is 4.95. The minimum Gasteiger partial charge on any atom is -0.481 e. The fourth-order valence-electron chi connectivity index (χ4n) is 3.97. The van der Waals surface area contributed by atoms with Gasteiger partial charge in [-0.05, 0) is 42.7 Å². The highest BCUT2D eigenvalue weighted by Gasteiger charge is 2.30. The molecule has 0 radical (unpaired) electrons. The number of carbonyl (C=O) groups excluding carboxylic acids is 1. The minimum absolute atomic E-state index is 0.0642. The van der Waals surface area contributed by atoms with Gasteiger partial charge in [0.25, 0.3) is 0 Å². The van der Waals surface area contributed by atoms with Gasteiger partial charge in [0.15, 0.2) is 5.13 Å². The molecule has 3 aromatic heterocycles. The number of hydrogen-bond donors (Lipinski definition) is 2. The predicted molar refractivity (Wildman–Crippen MR) is 121 cm³/mol. The molecule has 5 rings (SSSR count). The van der Waals surface area contributed by atoms with E-state index in [2.05, 4.69) is 15.3 Å². The van der Waals surface area contributed by atoms with Crippen molar-refractivity contribution in [1.82, 2.24) is 19.7 Å². The molecule has 0 saturated heterocycles. The number of aryl methyl sites for hydroxylation is 1. The van der Waals surface area contributed by atoms with Crippen molar-refractivity contribution in [2.24, 2.45) is 0 Å². The zero-order valence-electron chi connectivity index (χ0n) is 17.2. The van der Waals surface area contributed by atoms with Gasteiger partial charge in [-0.25, -0.2) is 9.67 Å². The van der Waals surface area contributed by atoms with Gasteiger partial charge in [0, 0.05) is 30.4 Å². The summed E-state index contributed by atoms with van der Waals surface area (Å²) < 4.78 is 1.86. The van der Waals surface area contributed by atoms with E-state index in [9.17, 15) is 14.7 Å². The summed E-state index contributed by atoms with van der Waals surface area (Å²) in [5, 5.41) is 17.5. The lowest BCUT2D eigenvalue weighted by Gasteiger charge is -2.14. The lowest BCUT2D eigenvalue weighted by atomic mass is 9.95. The van der Waals surface area contributed by atoms with E-state index in [0.29, 0.717) is 10.7 Å². The van der Waals surface area contributed by atoms with E-state index < -0.39 is 5.97 Å². The Morgan fingerprint density at radius 1 is 1.22 bits per heavy atom. The van der Waals surface area contributed by atoms with E-state index in [1.807, 2.05) is 35.0 Å². The Hall–Kier alpha value is -3.85. The summed E-state index contributed by atoms with van der Waals surface area (Å²) >= 11 is 1.42. The molecule has 9 heteroatoms. The maximum Gasteiger partial charge on any atom is 0.307 e. The normalized spacial score (nSPS) is 12.2. The first-order valence-electron chi connectivity index (χ1n) is 10.1. The van der Waals surface area contributed by atoms with Gasteiger partial charge < -0.3 is 10.4 Å². The molecule has 0 aliphatic heterocycles. The number of amides is 1. The van der Waals surface area contributed by atoms with Gasteiger partial charge in [0.1, 0.15) is 0 Å². The lowest BCUT2D eigenvalue weighted by Crippen LogP contribution is -2.07. The molecule has 2 N–H and O–H groups in total. The largest absolute Gasteiger partial charge is 0.481 e. The molecule has 0 unspecified atom stereocenters. The Balaban J connectivity index is 1.71. The summed E-state index contributed by atoms with van der Waals surface area (Å²) in [6.45, 7) is 1.46. The predicted octanol–water partition coefficient (Wildman–Crippen LogP) is 3.74. The number of carboxylic acid groups (broad SMARTS) is 1. The fourth-order valence-corrected chi connectivity index (χ4v) is 5.08. The molecule has 1 aliphatic rings. The van der Waals surface area contributed by atoms with Crippen LogP contribution in [0.15, 0.2) is 48.8 Å². The SMILES string of the molecule is CC(=O)Nc1nc2c(s1)-c1c(c(-c3cccnc3)nn1-c1cccc(CC(=O)O)c1)CC2. The monoisotopic (exact) mass is 445 g/mol. The summed E-state index contributed by atoms with van der Waals surface area (Å²) in [7, 11) is 0. The number of benzene rings is 1. The highest BCUT2D eigenvalue weighted by Crippen LogP contribution is 2.44. The summed E-state index contributed by atoms with van der Waals surface area (Å²) in [6, 6.07) is 11.2. The maximum absolute atomic E-state index is 11.6. The molecule has 32 heavy (non-hydrogen) atoms. The van der Waals surface area contributed by atoms with E-state index in [1.165, 1.54) is 18.3 Å². The quantitative estimate of drug-likeness (QED) is 0.484. The first-order chi connectivity index (χ1) is 15.5.